The molecule has 17 heavy (non-hydrogen) atoms. The van der Waals surface area contributed by atoms with Crippen molar-refractivity contribution in [1.82, 2.24) is 0 Å². The first-order valence-corrected chi connectivity index (χ1v) is 10.7. The number of rotatable bonds is 0. The molecule has 2 aliphatic heterocycles. The molecule has 0 saturated carbocycles. The van der Waals surface area contributed by atoms with Gasteiger partial charge in [-0.15, -0.1) is 0 Å². The lowest BCUT2D eigenvalue weighted by molar-refractivity contribution is 1.56. The van der Waals surface area contributed by atoms with Gasteiger partial charge in [0.25, 0.3) is 8.11 Å². The van der Waals surface area contributed by atoms with Crippen molar-refractivity contribution in [2.24, 2.45) is 0 Å². The Bertz CT molecular complexity index is 598. The van der Waals surface area contributed by atoms with E-state index in [0.29, 0.717) is 0 Å². The molecule has 10 heteroatoms. The molecule has 0 aliphatic carbocycles. The lowest BCUT2D eigenvalue weighted by Gasteiger charge is -2.16. The molecular formula is C7O2S8. The fourth-order valence-corrected chi connectivity index (χ4v) is 16.5. The Hall–Kier alpha value is 1.10. The Labute approximate surface area is 128 Å². The molecule has 0 N–H and O–H groups in total. The summed E-state index contributed by atoms with van der Waals surface area (Å²) in [6, 6.07) is 0. The maximum absolute atomic E-state index is 11.3. The van der Waals surface area contributed by atoms with Crippen LogP contribution in [0.2, 0.25) is 0 Å². The Morgan fingerprint density at radius 3 is 1.18 bits per heavy atom. The first-order valence-electron chi connectivity index (χ1n) is 4.17. The fraction of sp³-hybridized carbons (Fsp3) is 0.143. The quantitative estimate of drug-likeness (QED) is 0.683. The molecule has 4 rings (SSSR count). The highest BCUT2D eigenvalue weighted by Crippen LogP contribution is 2.75. The van der Waals surface area contributed by atoms with Gasteiger partial charge in [0.15, 0.2) is 2.74 Å². The average Bonchev–Trinajstić information content (AvgIpc) is 2.85. The predicted molar refractivity (Wildman–Crippen MR) is 83.1 cm³/mol. The zero-order valence-corrected chi connectivity index (χ0v) is 14.1. The van der Waals surface area contributed by atoms with Gasteiger partial charge in [0.1, 0.15) is 0 Å². The van der Waals surface area contributed by atoms with Gasteiger partial charge in [-0.1, -0.05) is 92.4 Å². The summed E-state index contributed by atoms with van der Waals surface area (Å²) in [6.45, 7) is 0. The molecule has 2 aliphatic rings. The molecule has 0 radical (unpaired) electrons. The second-order valence-electron chi connectivity index (χ2n) is 2.97. The van der Waals surface area contributed by atoms with Gasteiger partial charge in [-0.05, 0) is 0 Å². The molecule has 0 bridgehead atoms. The smallest absolute Gasteiger partial charge is 0.265 e. The molecule has 2 aromatic heterocycles. The van der Waals surface area contributed by atoms with Crippen molar-refractivity contribution in [2.45, 2.75) is 19.6 Å². The van der Waals surface area contributed by atoms with Crippen LogP contribution in [0.15, 0.2) is 26.4 Å². The first kappa shape index (κ1) is 11.9. The lowest BCUT2D eigenvalue weighted by Crippen LogP contribution is -1.99. The first-order chi connectivity index (χ1) is 8.13. The minimum absolute atomic E-state index is 0.0171. The average molecular weight is 373 g/mol. The minimum atomic E-state index is -0.0171. The van der Waals surface area contributed by atoms with E-state index in [-0.39, 0.29) is 10.9 Å². The van der Waals surface area contributed by atoms with E-state index in [0.717, 1.165) is 16.8 Å². The topological polar surface area (TPSA) is 34.1 Å². The van der Waals surface area contributed by atoms with Crippen molar-refractivity contribution in [2.75, 3.05) is 0 Å². The van der Waals surface area contributed by atoms with Gasteiger partial charge in [-0.2, -0.15) is 0 Å². The predicted octanol–water partition coefficient (Wildman–Crippen LogP) is 4.36. The van der Waals surface area contributed by atoms with E-state index in [1.165, 1.54) is 45.3 Å². The highest BCUT2D eigenvalue weighted by atomic mass is 32.3. The van der Waals surface area contributed by atoms with Crippen LogP contribution >= 0.6 is 92.4 Å². The number of hydrogen-bond acceptors (Lipinski definition) is 10. The number of hydrogen-bond donors (Lipinski definition) is 0. The molecule has 2 nitrogen and oxygen atoms in total. The lowest BCUT2D eigenvalue weighted by atomic mass is 11.1. The van der Waals surface area contributed by atoms with E-state index in [4.69, 9.17) is 0 Å². The molecule has 1 spiro atoms. The highest BCUT2D eigenvalue weighted by molar-refractivity contribution is 8.51. The summed E-state index contributed by atoms with van der Waals surface area (Å²) in [4.78, 5) is 22.6. The summed E-state index contributed by atoms with van der Waals surface area (Å²) in [6.07, 6.45) is 0. The zero-order chi connectivity index (χ0) is 11.6. The standard InChI is InChI=1S/C7O2S8/c8-5-10-1-2(11-5)15-7(14-1)16-3-4(17-7)13-6(9)12-3. The molecule has 0 atom stereocenters. The van der Waals surface area contributed by atoms with Gasteiger partial charge in [0.2, 0.25) is 0 Å². The molecule has 0 aromatic carbocycles. The van der Waals surface area contributed by atoms with Crippen LogP contribution in [0, 0.1) is 0 Å². The third kappa shape index (κ3) is 1.92. The van der Waals surface area contributed by atoms with Crippen molar-refractivity contribution >= 4 is 92.4 Å². The number of fused-ring (bicyclic) bond motifs is 2. The van der Waals surface area contributed by atoms with Gasteiger partial charge in [-0.25, -0.2) is 0 Å². The summed E-state index contributed by atoms with van der Waals surface area (Å²) >= 11 is 12.4. The summed E-state index contributed by atoms with van der Waals surface area (Å²) < 4.78 is 4.92. The zero-order valence-electron chi connectivity index (χ0n) is 7.58. The summed E-state index contributed by atoms with van der Waals surface area (Å²) in [5.74, 6) is 0. The van der Waals surface area contributed by atoms with Crippen LogP contribution in [0.1, 0.15) is 0 Å². The maximum atomic E-state index is 11.3. The van der Waals surface area contributed by atoms with E-state index >= 15 is 0 Å². The summed E-state index contributed by atoms with van der Waals surface area (Å²) in [5, 5.41) is 0. The molecular weight excluding hydrogens is 373 g/mol. The van der Waals surface area contributed by atoms with Crippen LogP contribution in [0.25, 0.3) is 0 Å². The van der Waals surface area contributed by atoms with Crippen LogP contribution in [-0.4, -0.2) is 2.74 Å². The maximum Gasteiger partial charge on any atom is 0.289 e. The minimum Gasteiger partial charge on any atom is -0.265 e. The van der Waals surface area contributed by atoms with Crippen molar-refractivity contribution in [3.63, 3.8) is 0 Å². The van der Waals surface area contributed by atoms with E-state index in [2.05, 4.69) is 0 Å². The van der Waals surface area contributed by atoms with Crippen LogP contribution in [0.3, 0.4) is 0 Å². The summed E-state index contributed by atoms with van der Waals surface area (Å²) in [7, 11) is 0. The Morgan fingerprint density at radius 2 is 0.882 bits per heavy atom. The van der Waals surface area contributed by atoms with E-state index in [9.17, 15) is 9.59 Å². The monoisotopic (exact) mass is 372 g/mol. The molecule has 88 valence electrons. The van der Waals surface area contributed by atoms with Crippen molar-refractivity contribution in [3.05, 3.63) is 17.7 Å². The van der Waals surface area contributed by atoms with Crippen LogP contribution in [0.4, 0.5) is 0 Å². The van der Waals surface area contributed by atoms with E-state index in [1.807, 2.05) is 0 Å². The molecule has 0 unspecified atom stereocenters. The van der Waals surface area contributed by atoms with Gasteiger partial charge < -0.3 is 0 Å². The van der Waals surface area contributed by atoms with Gasteiger partial charge in [0, 0.05) is 0 Å². The molecule has 0 fully saturated rings. The van der Waals surface area contributed by atoms with Crippen molar-refractivity contribution in [1.29, 1.82) is 0 Å². The Morgan fingerprint density at radius 1 is 0.588 bits per heavy atom. The van der Waals surface area contributed by atoms with Crippen LogP contribution in [-0.2, 0) is 0 Å². The van der Waals surface area contributed by atoms with Gasteiger partial charge in [-0.3, -0.25) is 9.59 Å². The SMILES string of the molecule is O=c1sc2c(s1)SC1(S2)Sc2sc(=O)sc2S1. The van der Waals surface area contributed by atoms with E-state index in [1.54, 1.807) is 47.0 Å². The Balaban J connectivity index is 1.71. The Kier molecular flexibility index (Phi) is 2.83. The summed E-state index contributed by atoms with van der Waals surface area (Å²) in [5.41, 5.74) is 0. The molecule has 2 aromatic rings. The normalized spacial score (nSPS) is 19.8. The second kappa shape index (κ2) is 4.05. The third-order valence-electron chi connectivity index (χ3n) is 1.91. The largest absolute Gasteiger partial charge is 0.289 e. The molecule has 0 amide bonds. The van der Waals surface area contributed by atoms with Gasteiger partial charge >= 0.3 is 0 Å². The molecule has 0 saturated heterocycles. The molecule has 4 heterocycles. The van der Waals surface area contributed by atoms with Crippen LogP contribution < -0.4 is 8.11 Å². The fourth-order valence-electron chi connectivity index (χ4n) is 1.34. The third-order valence-corrected chi connectivity index (χ3v) is 13.7. The van der Waals surface area contributed by atoms with Crippen molar-refractivity contribution in [3.8, 4) is 0 Å². The van der Waals surface area contributed by atoms with Crippen LogP contribution in [0.5, 0.6) is 0 Å². The van der Waals surface area contributed by atoms with Gasteiger partial charge in [0.05, 0.1) is 16.8 Å². The van der Waals surface area contributed by atoms with Crippen molar-refractivity contribution < 1.29 is 0 Å². The second-order valence-corrected chi connectivity index (χ2v) is 14.9. The van der Waals surface area contributed by atoms with E-state index < -0.39 is 0 Å². The number of thioether (sulfide) groups is 4. The highest BCUT2D eigenvalue weighted by Gasteiger charge is 2.49.